The standard InChI is InChI=1S/C10H23N2S.C2H6O4S/c1-6-11(7-2)10(13-5)12(8-3)9-4;1-2-6-7(3,4)5/h6-9H2,1-5H3;2H2,1H3,(H,3,4,5)/q+1;/p-1. The highest BCUT2D eigenvalue weighted by atomic mass is 32.3. The van der Waals surface area contributed by atoms with Gasteiger partial charge < -0.3 is 4.55 Å². The van der Waals surface area contributed by atoms with Crippen LogP contribution in [-0.2, 0) is 14.6 Å². The Bertz CT molecular complexity index is 360. The molecular formula is C12H28N2O4S2. The summed E-state index contributed by atoms with van der Waals surface area (Å²) >= 11 is 1.85. The van der Waals surface area contributed by atoms with Crippen molar-refractivity contribution in [3.63, 3.8) is 0 Å². The third kappa shape index (κ3) is 10.5. The van der Waals surface area contributed by atoms with Crippen molar-refractivity contribution >= 4 is 27.3 Å². The molecule has 0 aromatic carbocycles. The molecule has 8 heteroatoms. The molecule has 0 N–H and O–H groups in total. The molecular weight excluding hydrogens is 300 g/mol. The average molecular weight is 328 g/mol. The fourth-order valence-electron chi connectivity index (χ4n) is 1.59. The second-order valence-corrected chi connectivity index (χ2v) is 5.47. The molecule has 0 aliphatic rings. The highest BCUT2D eigenvalue weighted by Gasteiger charge is 2.16. The Balaban J connectivity index is 0. The van der Waals surface area contributed by atoms with E-state index in [1.54, 1.807) is 0 Å². The topological polar surface area (TPSA) is 72.7 Å². The van der Waals surface area contributed by atoms with E-state index >= 15 is 0 Å². The maximum Gasteiger partial charge on any atom is 0.308 e. The molecule has 0 amide bonds. The van der Waals surface area contributed by atoms with Crippen LogP contribution < -0.4 is 0 Å². The van der Waals surface area contributed by atoms with Crippen LogP contribution >= 0.6 is 11.8 Å². The fraction of sp³-hybridized carbons (Fsp3) is 0.917. The average Bonchev–Trinajstić information content (AvgIpc) is 2.38. The van der Waals surface area contributed by atoms with Crippen LogP contribution in [0.2, 0.25) is 0 Å². The second-order valence-electron chi connectivity index (χ2n) is 3.65. The molecule has 0 unspecified atom stereocenters. The van der Waals surface area contributed by atoms with E-state index in [9.17, 15) is 13.0 Å². The largest absolute Gasteiger partial charge is 0.726 e. The van der Waals surface area contributed by atoms with Gasteiger partial charge in [0, 0.05) is 0 Å². The normalized spacial score (nSPS) is 10.6. The third-order valence-corrected chi connectivity index (χ3v) is 3.92. The summed E-state index contributed by atoms with van der Waals surface area (Å²) in [5, 5.41) is 1.41. The van der Waals surface area contributed by atoms with Crippen LogP contribution in [0.4, 0.5) is 0 Å². The predicted octanol–water partition coefficient (Wildman–Crippen LogP) is 1.58. The van der Waals surface area contributed by atoms with Crippen molar-refractivity contribution in [2.24, 2.45) is 0 Å². The summed E-state index contributed by atoms with van der Waals surface area (Å²) in [6, 6.07) is 0. The van der Waals surface area contributed by atoms with Gasteiger partial charge in [-0.05, 0) is 52.6 Å². The van der Waals surface area contributed by atoms with Crippen LogP contribution in [0.25, 0.3) is 0 Å². The van der Waals surface area contributed by atoms with Crippen molar-refractivity contribution in [3.05, 3.63) is 0 Å². The van der Waals surface area contributed by atoms with E-state index in [4.69, 9.17) is 0 Å². The minimum atomic E-state index is -4.42. The summed E-state index contributed by atoms with van der Waals surface area (Å²) in [5.41, 5.74) is 0. The van der Waals surface area contributed by atoms with E-state index in [2.05, 4.69) is 47.6 Å². The number of hydrogen-bond acceptors (Lipinski definition) is 5. The number of hydrogen-bond donors (Lipinski definition) is 0. The quantitative estimate of drug-likeness (QED) is 0.242. The number of thioether (sulfide) groups is 1. The monoisotopic (exact) mass is 328 g/mol. The molecule has 0 aromatic heterocycles. The Hall–Kier alpha value is -0.310. The first kappa shape index (κ1) is 22.0. The smallest absolute Gasteiger partial charge is 0.308 e. The summed E-state index contributed by atoms with van der Waals surface area (Å²) in [5.74, 6) is 0. The summed E-state index contributed by atoms with van der Waals surface area (Å²) < 4.78 is 34.4. The maximum atomic E-state index is 9.45. The first-order valence-corrected chi connectivity index (χ1v) is 9.37. The Kier molecular flexibility index (Phi) is 13.7. The maximum absolute atomic E-state index is 9.45. The summed E-state index contributed by atoms with van der Waals surface area (Å²) in [7, 11) is -4.42. The van der Waals surface area contributed by atoms with Gasteiger partial charge in [0.1, 0.15) is 0 Å². The van der Waals surface area contributed by atoms with Gasteiger partial charge in [0.15, 0.2) is 0 Å². The first-order chi connectivity index (χ1) is 9.30. The summed E-state index contributed by atoms with van der Waals surface area (Å²) in [4.78, 5) is 2.41. The molecule has 0 aliphatic carbocycles. The van der Waals surface area contributed by atoms with E-state index < -0.39 is 10.4 Å². The highest BCUT2D eigenvalue weighted by Crippen LogP contribution is 2.04. The van der Waals surface area contributed by atoms with Crippen molar-refractivity contribution in [1.29, 1.82) is 0 Å². The van der Waals surface area contributed by atoms with Gasteiger partial charge in [-0.25, -0.2) is 8.42 Å². The lowest BCUT2D eigenvalue weighted by atomic mass is 10.5. The molecule has 0 saturated heterocycles. The molecule has 0 saturated carbocycles. The Morgan fingerprint density at radius 2 is 1.60 bits per heavy atom. The van der Waals surface area contributed by atoms with E-state index in [-0.39, 0.29) is 6.61 Å². The minimum Gasteiger partial charge on any atom is -0.726 e. The van der Waals surface area contributed by atoms with Crippen LogP contribution in [0, 0.1) is 0 Å². The van der Waals surface area contributed by atoms with Gasteiger partial charge in [-0.1, -0.05) is 0 Å². The van der Waals surface area contributed by atoms with Gasteiger partial charge in [-0.2, -0.15) is 0 Å². The molecule has 0 aliphatic heterocycles. The van der Waals surface area contributed by atoms with Crippen molar-refractivity contribution in [2.45, 2.75) is 34.6 Å². The molecule has 0 bridgehead atoms. The van der Waals surface area contributed by atoms with Crippen molar-refractivity contribution in [2.75, 3.05) is 39.0 Å². The third-order valence-electron chi connectivity index (χ3n) is 2.51. The number of amidine groups is 1. The highest BCUT2D eigenvalue weighted by molar-refractivity contribution is 8.12. The van der Waals surface area contributed by atoms with Gasteiger partial charge in [-0.3, -0.25) is 13.7 Å². The second kappa shape index (κ2) is 12.4. The summed E-state index contributed by atoms with van der Waals surface area (Å²) in [6.45, 7) is 14.6. The van der Waals surface area contributed by atoms with E-state index in [0.717, 1.165) is 26.2 Å². The lowest BCUT2D eigenvalue weighted by Crippen LogP contribution is -2.36. The van der Waals surface area contributed by atoms with Gasteiger partial charge >= 0.3 is 5.17 Å². The zero-order chi connectivity index (χ0) is 16.2. The van der Waals surface area contributed by atoms with Crippen molar-refractivity contribution < 1.29 is 21.7 Å². The van der Waals surface area contributed by atoms with E-state index in [1.165, 1.54) is 12.1 Å². The lowest BCUT2D eigenvalue weighted by Gasteiger charge is -2.17. The zero-order valence-corrected chi connectivity index (χ0v) is 15.0. The van der Waals surface area contributed by atoms with Crippen LogP contribution in [0.1, 0.15) is 34.6 Å². The van der Waals surface area contributed by atoms with Gasteiger partial charge in [0.2, 0.25) is 10.4 Å². The molecule has 0 fully saturated rings. The lowest BCUT2D eigenvalue weighted by molar-refractivity contribution is -0.522. The van der Waals surface area contributed by atoms with Gasteiger partial charge in [0.05, 0.1) is 32.8 Å². The van der Waals surface area contributed by atoms with E-state index in [1.807, 2.05) is 11.8 Å². The van der Waals surface area contributed by atoms with Crippen molar-refractivity contribution in [1.82, 2.24) is 4.90 Å². The van der Waals surface area contributed by atoms with Gasteiger partial charge in [-0.15, -0.1) is 0 Å². The molecule has 20 heavy (non-hydrogen) atoms. The first-order valence-electron chi connectivity index (χ1n) is 6.82. The van der Waals surface area contributed by atoms with Gasteiger partial charge in [0.25, 0.3) is 0 Å². The summed E-state index contributed by atoms with van der Waals surface area (Å²) in [6.07, 6.45) is 2.16. The predicted molar refractivity (Wildman–Crippen MR) is 84.1 cm³/mol. The SMILES string of the molecule is CCN(CC)C(SC)=[N+](CC)CC.CCOS(=O)(=O)[O-]. The molecule has 0 rings (SSSR count). The van der Waals surface area contributed by atoms with E-state index in [0.29, 0.717) is 0 Å². The molecule has 122 valence electrons. The molecule has 0 atom stereocenters. The van der Waals surface area contributed by atoms with Crippen LogP contribution in [-0.4, -0.2) is 66.7 Å². The zero-order valence-electron chi connectivity index (χ0n) is 13.4. The molecule has 0 heterocycles. The molecule has 0 spiro atoms. The van der Waals surface area contributed by atoms with Crippen molar-refractivity contribution in [3.8, 4) is 0 Å². The Morgan fingerprint density at radius 1 is 1.15 bits per heavy atom. The van der Waals surface area contributed by atoms with Crippen LogP contribution in [0.3, 0.4) is 0 Å². The molecule has 6 nitrogen and oxygen atoms in total. The number of nitrogens with zero attached hydrogens (tertiary/aromatic N) is 2. The number of rotatable bonds is 6. The Morgan fingerprint density at radius 3 is 1.75 bits per heavy atom. The fourth-order valence-corrected chi connectivity index (χ4v) is 2.91. The Labute approximate surface area is 128 Å². The molecule has 0 aromatic rings. The minimum absolute atomic E-state index is 0.0914. The van der Waals surface area contributed by atoms with Crippen LogP contribution in [0.15, 0.2) is 0 Å². The van der Waals surface area contributed by atoms with Crippen LogP contribution in [0.5, 0.6) is 0 Å². The molecule has 0 radical (unpaired) electrons.